The molecule has 0 aliphatic rings. The number of unbranched alkanes of at least 4 members (excludes halogenated alkanes) is 57. The number of carbonyl (C=O) groups is 2. The van der Waals surface area contributed by atoms with Crippen LogP contribution in [0.5, 0.6) is 0 Å². The number of rotatable bonds is 71. The van der Waals surface area contributed by atoms with Crippen LogP contribution < -0.4 is 0 Å². The Labute approximate surface area is 514 Å². The zero-order valence-electron chi connectivity index (χ0n) is 55.8. The number of hydrogen-bond donors (Lipinski definition) is 1. The highest BCUT2D eigenvalue weighted by Gasteiger charge is 2.16. The molecule has 0 aromatic carbocycles. The van der Waals surface area contributed by atoms with Crippen LogP contribution in [-0.4, -0.2) is 36.4 Å². The molecular weight excluding hydrogens is 1000 g/mol. The van der Waals surface area contributed by atoms with E-state index >= 15 is 0 Å². The molecule has 484 valence electrons. The second-order valence-electron chi connectivity index (χ2n) is 25.7. The molecule has 0 bridgehead atoms. The van der Waals surface area contributed by atoms with Gasteiger partial charge in [0.05, 0.1) is 6.61 Å². The lowest BCUT2D eigenvalue weighted by atomic mass is 10.0. The van der Waals surface area contributed by atoms with Gasteiger partial charge in [-0.1, -0.05) is 397 Å². The van der Waals surface area contributed by atoms with Gasteiger partial charge in [-0.25, -0.2) is 0 Å². The standard InChI is InChI=1S/C77H146O5/c1-3-5-7-9-11-13-15-17-19-21-23-25-27-29-31-33-35-36-37-38-39-40-42-44-46-48-50-52-54-56-58-60-62-64-66-68-70-72-77(80)82-75(73-78)74-81-76(79)71-69-67-65-63-61-59-57-55-53-51-49-47-45-43-41-34-32-30-28-26-24-22-20-18-16-14-12-10-8-6-4-2/h15,17,21,23,27,29,75,78H,3-14,16,18-20,22,24-26,28,30-74H2,1-2H3/b17-15-,23-21-,29-27-. The van der Waals surface area contributed by atoms with Gasteiger partial charge in [0.1, 0.15) is 6.61 Å². The first-order chi connectivity index (χ1) is 40.6. The van der Waals surface area contributed by atoms with Crippen LogP contribution in [0.15, 0.2) is 36.5 Å². The van der Waals surface area contributed by atoms with Crippen LogP contribution >= 0.6 is 0 Å². The average Bonchev–Trinajstić information content (AvgIpc) is 3.49. The molecule has 82 heavy (non-hydrogen) atoms. The molecule has 0 saturated carbocycles. The molecule has 0 amide bonds. The van der Waals surface area contributed by atoms with Crippen LogP contribution in [0, 0.1) is 0 Å². The van der Waals surface area contributed by atoms with E-state index in [1.54, 1.807) is 0 Å². The van der Waals surface area contributed by atoms with Crippen molar-refractivity contribution in [1.29, 1.82) is 0 Å². The lowest BCUT2D eigenvalue weighted by molar-refractivity contribution is -0.161. The van der Waals surface area contributed by atoms with E-state index in [0.717, 1.165) is 44.9 Å². The summed E-state index contributed by atoms with van der Waals surface area (Å²) >= 11 is 0. The smallest absolute Gasteiger partial charge is 0.306 e. The van der Waals surface area contributed by atoms with Gasteiger partial charge < -0.3 is 14.6 Å². The van der Waals surface area contributed by atoms with E-state index in [1.165, 1.54) is 353 Å². The Morgan fingerprint density at radius 3 is 0.732 bits per heavy atom. The number of esters is 2. The van der Waals surface area contributed by atoms with Crippen LogP contribution in [0.4, 0.5) is 0 Å². The Kier molecular flexibility index (Phi) is 71.7. The van der Waals surface area contributed by atoms with Crippen LogP contribution in [0.3, 0.4) is 0 Å². The third-order valence-corrected chi connectivity index (χ3v) is 17.4. The topological polar surface area (TPSA) is 72.8 Å². The summed E-state index contributed by atoms with van der Waals surface area (Å²) in [6, 6.07) is 0. The third kappa shape index (κ3) is 70.6. The van der Waals surface area contributed by atoms with Crippen LogP contribution in [-0.2, 0) is 19.1 Å². The molecule has 5 heteroatoms. The molecule has 0 radical (unpaired) electrons. The van der Waals surface area contributed by atoms with E-state index in [2.05, 4.69) is 50.3 Å². The minimum atomic E-state index is -0.769. The summed E-state index contributed by atoms with van der Waals surface area (Å²) < 4.78 is 10.8. The van der Waals surface area contributed by atoms with Gasteiger partial charge in [0, 0.05) is 12.8 Å². The third-order valence-electron chi connectivity index (χ3n) is 17.4. The van der Waals surface area contributed by atoms with Crippen molar-refractivity contribution >= 4 is 11.9 Å². The first kappa shape index (κ1) is 80.1. The van der Waals surface area contributed by atoms with E-state index in [9.17, 15) is 14.7 Å². The lowest BCUT2D eigenvalue weighted by Gasteiger charge is -2.15. The van der Waals surface area contributed by atoms with Crippen LogP contribution in [0.2, 0.25) is 0 Å². The maximum Gasteiger partial charge on any atom is 0.306 e. The van der Waals surface area contributed by atoms with Gasteiger partial charge >= 0.3 is 11.9 Å². The Bertz CT molecular complexity index is 1300. The van der Waals surface area contributed by atoms with Gasteiger partial charge in [-0.05, 0) is 51.4 Å². The number of aliphatic hydroxyl groups is 1. The molecule has 0 aliphatic carbocycles. The van der Waals surface area contributed by atoms with E-state index in [4.69, 9.17) is 9.47 Å². The highest BCUT2D eigenvalue weighted by Crippen LogP contribution is 2.20. The minimum absolute atomic E-state index is 0.0580. The summed E-state index contributed by atoms with van der Waals surface area (Å²) in [4.78, 5) is 24.7. The second kappa shape index (κ2) is 73.4. The van der Waals surface area contributed by atoms with Crippen LogP contribution in [0.1, 0.15) is 425 Å². The van der Waals surface area contributed by atoms with Crippen molar-refractivity contribution in [3.63, 3.8) is 0 Å². The summed E-state index contributed by atoms with van der Waals surface area (Å²) in [7, 11) is 0. The van der Waals surface area contributed by atoms with Crippen molar-refractivity contribution in [2.45, 2.75) is 431 Å². The van der Waals surface area contributed by atoms with E-state index in [1.807, 2.05) is 0 Å². The van der Waals surface area contributed by atoms with Crippen LogP contribution in [0.25, 0.3) is 0 Å². The number of allylic oxidation sites excluding steroid dienone is 6. The summed E-state index contributed by atoms with van der Waals surface area (Å²) in [6.07, 6.45) is 97.8. The fourth-order valence-electron chi connectivity index (χ4n) is 11.8. The molecule has 1 unspecified atom stereocenters. The summed E-state index contributed by atoms with van der Waals surface area (Å²) in [6.45, 7) is 4.20. The SMILES string of the molecule is CCCCCCC/C=C\C/C=C\C/C=C\CCCCCCCCCCCCCCCCCCCCCCCCC(=O)OC(CO)COC(=O)CCCCCCCCCCCCCCCCCCCCCCCCCCCCCCCCC. The first-order valence-electron chi connectivity index (χ1n) is 37.5. The zero-order valence-corrected chi connectivity index (χ0v) is 55.8. The minimum Gasteiger partial charge on any atom is -0.462 e. The monoisotopic (exact) mass is 1150 g/mol. The van der Waals surface area contributed by atoms with Crippen molar-refractivity contribution in [2.24, 2.45) is 0 Å². The summed E-state index contributed by atoms with van der Waals surface area (Å²) in [5.41, 5.74) is 0. The molecule has 0 spiro atoms. The van der Waals surface area contributed by atoms with Crippen molar-refractivity contribution in [1.82, 2.24) is 0 Å². The molecule has 0 aliphatic heterocycles. The number of hydrogen-bond acceptors (Lipinski definition) is 5. The molecule has 0 heterocycles. The number of aliphatic hydroxyl groups excluding tert-OH is 1. The zero-order chi connectivity index (χ0) is 59.1. The van der Waals surface area contributed by atoms with Crippen molar-refractivity contribution in [2.75, 3.05) is 13.2 Å². The highest BCUT2D eigenvalue weighted by atomic mass is 16.6. The molecular formula is C77H146O5. The average molecular weight is 1150 g/mol. The van der Waals surface area contributed by atoms with E-state index < -0.39 is 6.10 Å². The maximum absolute atomic E-state index is 12.4. The van der Waals surface area contributed by atoms with Crippen molar-refractivity contribution < 1.29 is 24.2 Å². The van der Waals surface area contributed by atoms with Crippen molar-refractivity contribution in [3.8, 4) is 0 Å². The Balaban J connectivity index is 3.37. The number of ether oxygens (including phenoxy) is 2. The van der Waals surface area contributed by atoms with E-state index in [-0.39, 0.29) is 25.2 Å². The first-order valence-corrected chi connectivity index (χ1v) is 37.5. The van der Waals surface area contributed by atoms with Gasteiger partial charge in [-0.3, -0.25) is 9.59 Å². The van der Waals surface area contributed by atoms with Gasteiger partial charge in [0.15, 0.2) is 6.10 Å². The van der Waals surface area contributed by atoms with Gasteiger partial charge in [0.2, 0.25) is 0 Å². The molecule has 0 rings (SSSR count). The highest BCUT2D eigenvalue weighted by molar-refractivity contribution is 5.70. The molecule has 1 N–H and O–H groups in total. The molecule has 1 atom stereocenters. The second-order valence-corrected chi connectivity index (χ2v) is 25.7. The summed E-state index contributed by atoms with van der Waals surface area (Å²) in [5, 5.41) is 9.72. The lowest BCUT2D eigenvalue weighted by Crippen LogP contribution is -2.28. The molecule has 0 saturated heterocycles. The molecule has 0 aromatic heterocycles. The maximum atomic E-state index is 12.4. The summed E-state index contributed by atoms with van der Waals surface area (Å²) in [5.74, 6) is -0.562. The molecule has 0 aromatic rings. The van der Waals surface area contributed by atoms with Crippen molar-refractivity contribution in [3.05, 3.63) is 36.5 Å². The predicted molar refractivity (Wildman–Crippen MR) is 362 cm³/mol. The van der Waals surface area contributed by atoms with E-state index in [0.29, 0.717) is 12.8 Å². The normalized spacial score (nSPS) is 12.3. The van der Waals surface area contributed by atoms with Gasteiger partial charge in [-0.15, -0.1) is 0 Å². The van der Waals surface area contributed by atoms with Gasteiger partial charge in [-0.2, -0.15) is 0 Å². The Hall–Kier alpha value is -1.88. The largest absolute Gasteiger partial charge is 0.462 e. The number of carbonyl (C=O) groups excluding carboxylic acids is 2. The Morgan fingerprint density at radius 1 is 0.280 bits per heavy atom. The van der Waals surface area contributed by atoms with Gasteiger partial charge in [0.25, 0.3) is 0 Å². The molecule has 5 nitrogen and oxygen atoms in total. The quantitative estimate of drug-likeness (QED) is 0.0373. The predicted octanol–water partition coefficient (Wildman–Crippen LogP) is 26.1. The fraction of sp³-hybridized carbons (Fsp3) is 0.896. The fourth-order valence-corrected chi connectivity index (χ4v) is 11.8. The Morgan fingerprint density at radius 2 is 0.488 bits per heavy atom. The molecule has 0 fully saturated rings.